The largest absolute Gasteiger partial charge is 0.394 e. The number of nitrogens with zero attached hydrogens (tertiary/aromatic N) is 1. The maximum atomic E-state index is 11.7. The maximum Gasteiger partial charge on any atom is 0.230 e. The number of carbonyl (C=O) groups is 2. The molecular weight excluding hydrogens is 182 g/mol. The Balaban J connectivity index is 2.18. The second-order valence-corrected chi connectivity index (χ2v) is 4.52. The molecule has 2 amide bonds. The molecule has 2 rings (SSSR count). The summed E-state index contributed by atoms with van der Waals surface area (Å²) in [5.41, 5.74) is -0.520. The number of piperidine rings is 1. The predicted molar refractivity (Wildman–Crippen MR) is 49.3 cm³/mol. The van der Waals surface area contributed by atoms with Crippen LogP contribution in [0.15, 0.2) is 0 Å². The molecule has 78 valence electrons. The fraction of sp³-hybridized carbons (Fsp3) is 0.800. The van der Waals surface area contributed by atoms with Crippen LogP contribution in [-0.4, -0.2) is 34.0 Å². The maximum absolute atomic E-state index is 11.7. The van der Waals surface area contributed by atoms with Gasteiger partial charge in [0.1, 0.15) is 0 Å². The van der Waals surface area contributed by atoms with E-state index < -0.39 is 5.54 Å². The lowest BCUT2D eigenvalue weighted by Gasteiger charge is -2.34. The van der Waals surface area contributed by atoms with Gasteiger partial charge < -0.3 is 5.11 Å². The van der Waals surface area contributed by atoms with Crippen LogP contribution in [-0.2, 0) is 9.59 Å². The van der Waals surface area contributed by atoms with E-state index in [2.05, 4.69) is 0 Å². The van der Waals surface area contributed by atoms with Gasteiger partial charge in [0.2, 0.25) is 11.8 Å². The van der Waals surface area contributed by atoms with Gasteiger partial charge in [-0.05, 0) is 18.8 Å². The standard InChI is InChI=1S/C10H15NO3/c1-7-4-8(13)11(9(14)5-7)10(6-12)2-3-10/h7,12H,2-6H2,1H3. The molecule has 4 nitrogen and oxygen atoms in total. The van der Waals surface area contributed by atoms with Gasteiger partial charge in [-0.2, -0.15) is 0 Å². The third-order valence-corrected chi connectivity index (χ3v) is 3.14. The van der Waals surface area contributed by atoms with Crippen LogP contribution < -0.4 is 0 Å². The fourth-order valence-electron chi connectivity index (χ4n) is 2.12. The summed E-state index contributed by atoms with van der Waals surface area (Å²) in [6.45, 7) is 1.82. The summed E-state index contributed by atoms with van der Waals surface area (Å²) in [6, 6.07) is 0. The summed E-state index contributed by atoms with van der Waals surface area (Å²) >= 11 is 0. The minimum atomic E-state index is -0.520. The molecule has 1 saturated heterocycles. The van der Waals surface area contributed by atoms with E-state index in [1.165, 1.54) is 4.90 Å². The number of rotatable bonds is 2. The van der Waals surface area contributed by atoms with Crippen molar-refractivity contribution in [2.75, 3.05) is 6.61 Å². The van der Waals surface area contributed by atoms with E-state index in [1.54, 1.807) is 0 Å². The van der Waals surface area contributed by atoms with Gasteiger partial charge >= 0.3 is 0 Å². The molecule has 0 aromatic heterocycles. The number of amides is 2. The Labute approximate surface area is 82.9 Å². The number of hydrogen-bond donors (Lipinski definition) is 1. The van der Waals surface area contributed by atoms with E-state index in [1.807, 2.05) is 6.92 Å². The highest BCUT2D eigenvalue weighted by molar-refractivity contribution is 5.99. The zero-order chi connectivity index (χ0) is 10.3. The highest BCUT2D eigenvalue weighted by Gasteiger charge is 2.53. The minimum Gasteiger partial charge on any atom is -0.394 e. The van der Waals surface area contributed by atoms with Crippen LogP contribution in [0.5, 0.6) is 0 Å². The number of likely N-dealkylation sites (tertiary alicyclic amines) is 1. The summed E-state index contributed by atoms with van der Waals surface area (Å²) < 4.78 is 0. The first-order valence-electron chi connectivity index (χ1n) is 5.06. The van der Waals surface area contributed by atoms with Crippen molar-refractivity contribution in [3.05, 3.63) is 0 Å². The van der Waals surface area contributed by atoms with Crippen LogP contribution in [0, 0.1) is 5.92 Å². The van der Waals surface area contributed by atoms with E-state index in [0.717, 1.165) is 12.8 Å². The van der Waals surface area contributed by atoms with Crippen LogP contribution in [0.1, 0.15) is 32.6 Å². The van der Waals surface area contributed by atoms with Crippen LogP contribution in [0.2, 0.25) is 0 Å². The highest BCUT2D eigenvalue weighted by atomic mass is 16.3. The van der Waals surface area contributed by atoms with Crippen molar-refractivity contribution in [2.45, 2.75) is 38.1 Å². The van der Waals surface area contributed by atoms with Crippen LogP contribution >= 0.6 is 0 Å². The Kier molecular flexibility index (Phi) is 2.10. The summed E-state index contributed by atoms with van der Waals surface area (Å²) in [5, 5.41) is 9.16. The van der Waals surface area contributed by atoms with Crippen LogP contribution in [0.3, 0.4) is 0 Å². The number of aliphatic hydroxyl groups excluding tert-OH is 1. The van der Waals surface area contributed by atoms with E-state index in [0.29, 0.717) is 12.8 Å². The van der Waals surface area contributed by atoms with Gasteiger partial charge in [-0.1, -0.05) is 6.92 Å². The number of carbonyl (C=O) groups excluding carboxylic acids is 2. The molecule has 2 fully saturated rings. The molecule has 14 heavy (non-hydrogen) atoms. The van der Waals surface area contributed by atoms with E-state index in [9.17, 15) is 9.59 Å². The zero-order valence-corrected chi connectivity index (χ0v) is 8.32. The van der Waals surface area contributed by atoms with Gasteiger partial charge in [-0.25, -0.2) is 0 Å². The molecule has 1 saturated carbocycles. The van der Waals surface area contributed by atoms with Gasteiger partial charge in [0, 0.05) is 12.8 Å². The van der Waals surface area contributed by atoms with Crippen molar-refractivity contribution in [3.63, 3.8) is 0 Å². The zero-order valence-electron chi connectivity index (χ0n) is 8.32. The molecule has 0 aromatic carbocycles. The Bertz CT molecular complexity index is 265. The monoisotopic (exact) mass is 197 g/mol. The molecule has 0 atom stereocenters. The second kappa shape index (κ2) is 3.05. The summed E-state index contributed by atoms with van der Waals surface area (Å²) in [5.74, 6) is -0.0682. The topological polar surface area (TPSA) is 57.6 Å². The van der Waals surface area contributed by atoms with Crippen molar-refractivity contribution in [2.24, 2.45) is 5.92 Å². The Hall–Kier alpha value is -0.900. The average molecular weight is 197 g/mol. The molecule has 0 spiro atoms. The normalized spacial score (nSPS) is 26.9. The average Bonchev–Trinajstić information content (AvgIpc) is 2.83. The number of aliphatic hydroxyl groups is 1. The molecule has 0 unspecified atom stereocenters. The fourth-order valence-corrected chi connectivity index (χ4v) is 2.12. The minimum absolute atomic E-state index is 0.0845. The second-order valence-electron chi connectivity index (χ2n) is 4.52. The van der Waals surface area contributed by atoms with Crippen molar-refractivity contribution in [1.82, 2.24) is 4.90 Å². The lowest BCUT2D eigenvalue weighted by molar-refractivity contribution is -0.155. The third kappa shape index (κ3) is 1.34. The first-order valence-corrected chi connectivity index (χ1v) is 5.06. The molecule has 1 aliphatic heterocycles. The lowest BCUT2D eigenvalue weighted by Crippen LogP contribution is -2.51. The predicted octanol–water partition coefficient (Wildman–Crippen LogP) is 0.296. The van der Waals surface area contributed by atoms with Gasteiger partial charge in [-0.15, -0.1) is 0 Å². The lowest BCUT2D eigenvalue weighted by atomic mass is 9.96. The van der Waals surface area contributed by atoms with Crippen LogP contribution in [0.25, 0.3) is 0 Å². The molecule has 2 aliphatic rings. The van der Waals surface area contributed by atoms with Crippen LogP contribution in [0.4, 0.5) is 0 Å². The van der Waals surface area contributed by atoms with Gasteiger partial charge in [0.15, 0.2) is 0 Å². The van der Waals surface area contributed by atoms with Gasteiger partial charge in [-0.3, -0.25) is 14.5 Å². The van der Waals surface area contributed by atoms with Crippen molar-refractivity contribution >= 4 is 11.8 Å². The quantitative estimate of drug-likeness (QED) is 0.647. The molecule has 1 N–H and O–H groups in total. The Morgan fingerprint density at radius 3 is 2.21 bits per heavy atom. The molecule has 0 aromatic rings. The van der Waals surface area contributed by atoms with E-state index >= 15 is 0 Å². The summed E-state index contributed by atoms with van der Waals surface area (Å²) in [6.07, 6.45) is 2.39. The first kappa shape index (κ1) is 9.65. The first-order chi connectivity index (χ1) is 6.59. The smallest absolute Gasteiger partial charge is 0.230 e. The third-order valence-electron chi connectivity index (χ3n) is 3.14. The SMILES string of the molecule is CC1CC(=O)N(C2(CO)CC2)C(=O)C1. The molecular formula is C10H15NO3. The number of imide groups is 1. The molecule has 4 heteroatoms. The summed E-state index contributed by atoms with van der Waals surface area (Å²) in [4.78, 5) is 24.6. The van der Waals surface area contributed by atoms with E-state index in [4.69, 9.17) is 5.11 Å². The summed E-state index contributed by atoms with van der Waals surface area (Å²) in [7, 11) is 0. The molecule has 1 aliphatic carbocycles. The molecule has 0 bridgehead atoms. The van der Waals surface area contributed by atoms with Crippen molar-refractivity contribution < 1.29 is 14.7 Å². The van der Waals surface area contributed by atoms with Crippen molar-refractivity contribution in [1.29, 1.82) is 0 Å². The Morgan fingerprint density at radius 2 is 1.86 bits per heavy atom. The van der Waals surface area contributed by atoms with E-state index in [-0.39, 0.29) is 24.3 Å². The molecule has 1 heterocycles. The highest BCUT2D eigenvalue weighted by Crippen LogP contribution is 2.43. The van der Waals surface area contributed by atoms with Crippen molar-refractivity contribution in [3.8, 4) is 0 Å². The van der Waals surface area contributed by atoms with Gasteiger partial charge in [0.05, 0.1) is 12.1 Å². The van der Waals surface area contributed by atoms with Gasteiger partial charge in [0.25, 0.3) is 0 Å². The number of hydrogen-bond acceptors (Lipinski definition) is 3. The molecule has 0 radical (unpaired) electrons. The Morgan fingerprint density at radius 1 is 1.36 bits per heavy atom.